The summed E-state index contributed by atoms with van der Waals surface area (Å²) in [5, 5.41) is 0. The molecule has 0 aliphatic heterocycles. The molecule has 0 unspecified atom stereocenters. The molecular weight excluding hydrogens is 229 g/mol. The molecule has 0 bridgehead atoms. The van der Waals surface area contributed by atoms with E-state index in [1.54, 1.807) is 0 Å². The lowest BCUT2D eigenvalue weighted by Crippen LogP contribution is -2.16. The minimum atomic E-state index is -0.784. The average Bonchev–Trinajstić information content (AvgIpc) is 1.96. The Kier molecular flexibility index (Phi) is 2.27. The Labute approximate surface area is 75.9 Å². The lowest BCUT2D eigenvalue weighted by Gasteiger charge is -2.01. The van der Waals surface area contributed by atoms with E-state index in [1.165, 1.54) is 0 Å². The molecule has 1 aromatic heterocycles. The molecule has 4 nitrogen and oxygen atoms in total. The number of nitrogens with zero attached hydrogens (tertiary/aromatic N) is 1. The molecule has 0 spiro atoms. The van der Waals surface area contributed by atoms with E-state index in [2.05, 4.69) is 20.9 Å². The van der Waals surface area contributed by atoms with E-state index in [9.17, 15) is 9.18 Å². The minimum absolute atomic E-state index is 0.0665. The van der Waals surface area contributed by atoms with Gasteiger partial charge < -0.3 is 11.5 Å². The molecule has 0 saturated heterocycles. The number of aromatic nitrogens is 1. The zero-order chi connectivity index (χ0) is 9.30. The third kappa shape index (κ3) is 1.53. The smallest absolute Gasteiger partial charge is 0.269 e. The number of anilines is 1. The van der Waals surface area contributed by atoms with E-state index >= 15 is 0 Å². The van der Waals surface area contributed by atoms with Gasteiger partial charge in [0.1, 0.15) is 4.60 Å². The fraction of sp³-hybridized carbons (Fsp3) is 0. The van der Waals surface area contributed by atoms with Crippen LogP contribution in [0.2, 0.25) is 0 Å². The number of halogens is 2. The molecule has 1 aromatic rings. The SMILES string of the molecule is NC(=O)c1nc(Br)c(F)cc1N. The molecule has 0 saturated carbocycles. The summed E-state index contributed by atoms with van der Waals surface area (Å²) < 4.78 is 12.6. The van der Waals surface area contributed by atoms with Crippen molar-refractivity contribution in [3.8, 4) is 0 Å². The number of nitrogen functional groups attached to an aromatic ring is 1. The van der Waals surface area contributed by atoms with E-state index < -0.39 is 11.7 Å². The summed E-state index contributed by atoms with van der Waals surface area (Å²) in [7, 11) is 0. The van der Waals surface area contributed by atoms with Crippen molar-refractivity contribution in [2.75, 3.05) is 5.73 Å². The molecule has 6 heteroatoms. The first-order chi connectivity index (χ1) is 5.52. The first-order valence-corrected chi connectivity index (χ1v) is 3.73. The summed E-state index contributed by atoms with van der Waals surface area (Å²) >= 11 is 2.80. The Balaban J connectivity index is 3.33. The van der Waals surface area contributed by atoms with E-state index in [4.69, 9.17) is 11.5 Å². The van der Waals surface area contributed by atoms with Crippen LogP contribution >= 0.6 is 15.9 Å². The van der Waals surface area contributed by atoms with Gasteiger partial charge in [0, 0.05) is 6.07 Å². The van der Waals surface area contributed by atoms with Gasteiger partial charge >= 0.3 is 0 Å². The van der Waals surface area contributed by atoms with Crippen LogP contribution in [-0.4, -0.2) is 10.9 Å². The molecule has 1 heterocycles. The molecule has 0 fully saturated rings. The van der Waals surface area contributed by atoms with E-state index in [0.29, 0.717) is 0 Å². The molecule has 0 aromatic carbocycles. The van der Waals surface area contributed by atoms with Crippen LogP contribution in [-0.2, 0) is 0 Å². The van der Waals surface area contributed by atoms with E-state index in [-0.39, 0.29) is 16.0 Å². The lowest BCUT2D eigenvalue weighted by molar-refractivity contribution is 0.0996. The van der Waals surface area contributed by atoms with Crippen molar-refractivity contribution in [3.05, 3.63) is 22.2 Å². The lowest BCUT2D eigenvalue weighted by atomic mass is 10.3. The van der Waals surface area contributed by atoms with Crippen LogP contribution in [0.1, 0.15) is 10.5 Å². The Morgan fingerprint density at radius 3 is 2.75 bits per heavy atom. The van der Waals surface area contributed by atoms with Crippen LogP contribution in [0.4, 0.5) is 10.1 Å². The van der Waals surface area contributed by atoms with Crippen molar-refractivity contribution < 1.29 is 9.18 Å². The van der Waals surface area contributed by atoms with Crippen molar-refractivity contribution >= 4 is 27.5 Å². The third-order valence-electron chi connectivity index (χ3n) is 1.20. The Morgan fingerprint density at radius 1 is 1.67 bits per heavy atom. The van der Waals surface area contributed by atoms with E-state index in [1.807, 2.05) is 0 Å². The van der Waals surface area contributed by atoms with Gasteiger partial charge in [0.2, 0.25) is 0 Å². The first-order valence-electron chi connectivity index (χ1n) is 2.93. The fourth-order valence-corrected chi connectivity index (χ4v) is 0.970. The predicted molar refractivity (Wildman–Crippen MR) is 44.8 cm³/mol. The molecule has 4 N–H and O–H groups in total. The monoisotopic (exact) mass is 233 g/mol. The number of hydrogen-bond acceptors (Lipinski definition) is 3. The molecule has 0 aliphatic rings. The molecule has 0 aliphatic carbocycles. The Morgan fingerprint density at radius 2 is 2.25 bits per heavy atom. The second-order valence-corrected chi connectivity index (χ2v) is 2.81. The molecule has 1 rings (SSSR count). The van der Waals surface area contributed by atoms with Crippen molar-refractivity contribution in [1.82, 2.24) is 4.98 Å². The first kappa shape index (κ1) is 8.92. The second kappa shape index (κ2) is 3.06. The maximum Gasteiger partial charge on any atom is 0.269 e. The van der Waals surface area contributed by atoms with Gasteiger partial charge in [-0.3, -0.25) is 4.79 Å². The van der Waals surface area contributed by atoms with Crippen molar-refractivity contribution in [1.29, 1.82) is 0 Å². The fourth-order valence-electron chi connectivity index (χ4n) is 0.678. The zero-order valence-electron chi connectivity index (χ0n) is 5.84. The molecule has 0 radical (unpaired) electrons. The number of carbonyl (C=O) groups is 1. The van der Waals surface area contributed by atoms with Crippen molar-refractivity contribution in [2.45, 2.75) is 0 Å². The van der Waals surface area contributed by atoms with Gasteiger partial charge in [-0.25, -0.2) is 9.37 Å². The van der Waals surface area contributed by atoms with Gasteiger partial charge in [0.25, 0.3) is 5.91 Å². The van der Waals surface area contributed by atoms with Crippen LogP contribution < -0.4 is 11.5 Å². The van der Waals surface area contributed by atoms with Crippen molar-refractivity contribution in [2.24, 2.45) is 5.73 Å². The number of pyridine rings is 1. The van der Waals surface area contributed by atoms with Gasteiger partial charge in [-0.1, -0.05) is 0 Å². The highest BCUT2D eigenvalue weighted by molar-refractivity contribution is 9.10. The van der Waals surface area contributed by atoms with Gasteiger partial charge in [-0.05, 0) is 15.9 Å². The Bertz CT molecular complexity index is 342. The minimum Gasteiger partial charge on any atom is -0.397 e. The van der Waals surface area contributed by atoms with Gasteiger partial charge in [-0.15, -0.1) is 0 Å². The highest BCUT2D eigenvalue weighted by atomic mass is 79.9. The number of nitrogens with two attached hydrogens (primary N) is 2. The zero-order valence-corrected chi connectivity index (χ0v) is 7.43. The number of amides is 1. The standard InChI is InChI=1S/C6H5BrFN3O/c7-5-2(8)1-3(9)4(11-5)6(10)12/h1H,9H2,(H2,10,12). The largest absolute Gasteiger partial charge is 0.397 e. The summed E-state index contributed by atoms with van der Waals surface area (Å²) in [6.45, 7) is 0. The molecule has 1 amide bonds. The highest BCUT2D eigenvalue weighted by Crippen LogP contribution is 2.17. The summed E-state index contributed by atoms with van der Waals surface area (Å²) in [4.78, 5) is 14.1. The summed E-state index contributed by atoms with van der Waals surface area (Å²) in [5.74, 6) is -1.41. The number of primary amides is 1. The van der Waals surface area contributed by atoms with Crippen LogP contribution in [0, 0.1) is 5.82 Å². The Hall–Kier alpha value is -1.17. The predicted octanol–water partition coefficient (Wildman–Crippen LogP) is 0.664. The van der Waals surface area contributed by atoms with Crippen LogP contribution in [0.15, 0.2) is 10.7 Å². The topological polar surface area (TPSA) is 82.0 Å². The normalized spacial score (nSPS) is 9.83. The quantitative estimate of drug-likeness (QED) is 0.700. The number of rotatable bonds is 1. The van der Waals surface area contributed by atoms with Gasteiger partial charge in [0.05, 0.1) is 5.69 Å². The average molecular weight is 234 g/mol. The summed E-state index contributed by atoms with van der Waals surface area (Å²) in [6.07, 6.45) is 0. The maximum atomic E-state index is 12.7. The van der Waals surface area contributed by atoms with Gasteiger partial charge in [0.15, 0.2) is 11.5 Å². The molecular formula is C6H5BrFN3O. The second-order valence-electron chi connectivity index (χ2n) is 2.06. The van der Waals surface area contributed by atoms with Crippen LogP contribution in [0.3, 0.4) is 0 Å². The summed E-state index contributed by atoms with van der Waals surface area (Å²) in [6, 6.07) is 0.983. The highest BCUT2D eigenvalue weighted by Gasteiger charge is 2.11. The molecule has 64 valence electrons. The van der Waals surface area contributed by atoms with E-state index in [0.717, 1.165) is 6.07 Å². The van der Waals surface area contributed by atoms with Crippen molar-refractivity contribution in [3.63, 3.8) is 0 Å². The number of hydrogen-bond donors (Lipinski definition) is 2. The molecule has 12 heavy (non-hydrogen) atoms. The third-order valence-corrected chi connectivity index (χ3v) is 1.75. The maximum absolute atomic E-state index is 12.7. The number of carbonyl (C=O) groups excluding carboxylic acids is 1. The van der Waals surface area contributed by atoms with Gasteiger partial charge in [-0.2, -0.15) is 0 Å². The molecule has 0 atom stereocenters. The summed E-state index contributed by atoms with van der Waals surface area (Å²) in [5.41, 5.74) is 9.97. The van der Waals surface area contributed by atoms with Crippen LogP contribution in [0.25, 0.3) is 0 Å². The van der Waals surface area contributed by atoms with Crippen LogP contribution in [0.5, 0.6) is 0 Å².